The lowest BCUT2D eigenvalue weighted by Crippen LogP contribution is -2.18. The molecule has 0 saturated carbocycles. The number of unbranched alkanes of at least 4 members (excludes halogenated alkanes) is 2. The number of pyridine rings is 1. The number of hydrogen-bond donors (Lipinski definition) is 1. The Bertz CT molecular complexity index is 329. The molecule has 0 aliphatic carbocycles. The molecule has 90 valence electrons. The predicted octanol–water partition coefficient (Wildman–Crippen LogP) is 4.45. The van der Waals surface area contributed by atoms with E-state index >= 15 is 0 Å². The maximum atomic E-state index is 4.47. The molecule has 2 nitrogen and oxygen atoms in total. The van der Waals surface area contributed by atoms with Gasteiger partial charge < -0.3 is 5.32 Å². The van der Waals surface area contributed by atoms with Crippen molar-refractivity contribution < 1.29 is 0 Å². The Balaban J connectivity index is 2.70. The number of aromatic nitrogens is 1. The van der Waals surface area contributed by atoms with Crippen LogP contribution in [0.2, 0.25) is 0 Å². The van der Waals surface area contributed by atoms with Crippen molar-refractivity contribution >= 4 is 31.9 Å². The first-order valence-corrected chi connectivity index (χ1v) is 7.25. The van der Waals surface area contributed by atoms with Gasteiger partial charge in [0.1, 0.15) is 0 Å². The second kappa shape index (κ2) is 7.41. The van der Waals surface area contributed by atoms with Gasteiger partial charge in [0, 0.05) is 15.1 Å². The minimum absolute atomic E-state index is 0.342. The van der Waals surface area contributed by atoms with Gasteiger partial charge in [-0.2, -0.15) is 0 Å². The van der Waals surface area contributed by atoms with Crippen LogP contribution in [0.1, 0.15) is 44.3 Å². The van der Waals surface area contributed by atoms with Gasteiger partial charge >= 0.3 is 0 Å². The van der Waals surface area contributed by atoms with E-state index in [1.54, 1.807) is 0 Å². The van der Waals surface area contributed by atoms with Crippen molar-refractivity contribution in [2.75, 3.05) is 7.05 Å². The molecule has 1 unspecified atom stereocenters. The molecule has 0 spiro atoms. The average Bonchev–Trinajstić information content (AvgIpc) is 2.26. The van der Waals surface area contributed by atoms with Crippen molar-refractivity contribution in [2.45, 2.75) is 38.6 Å². The van der Waals surface area contributed by atoms with Gasteiger partial charge in [-0.05, 0) is 51.4 Å². The van der Waals surface area contributed by atoms with Crippen molar-refractivity contribution in [1.82, 2.24) is 10.3 Å². The van der Waals surface area contributed by atoms with Gasteiger partial charge in [0.25, 0.3) is 0 Å². The summed E-state index contributed by atoms with van der Waals surface area (Å²) in [6.45, 7) is 2.22. The monoisotopic (exact) mass is 348 g/mol. The van der Waals surface area contributed by atoms with Gasteiger partial charge in [-0.1, -0.05) is 26.2 Å². The zero-order valence-electron chi connectivity index (χ0n) is 9.76. The van der Waals surface area contributed by atoms with E-state index in [9.17, 15) is 0 Å². The predicted molar refractivity (Wildman–Crippen MR) is 75.6 cm³/mol. The highest BCUT2D eigenvalue weighted by molar-refractivity contribution is 9.11. The fourth-order valence-electron chi connectivity index (χ4n) is 1.70. The number of nitrogens with one attached hydrogen (secondary N) is 1. The standard InChI is InChI=1S/C12H18Br2N2/c1-3-4-5-6-11(15-2)12-10(14)7-9(13)8-16-12/h7-8,11,15H,3-6H2,1-2H3. The lowest BCUT2D eigenvalue weighted by Gasteiger charge is -2.16. The third-order valence-electron chi connectivity index (χ3n) is 2.61. The molecule has 16 heavy (non-hydrogen) atoms. The maximum Gasteiger partial charge on any atom is 0.0715 e. The molecule has 1 aromatic rings. The van der Waals surface area contributed by atoms with Crippen LogP contribution >= 0.6 is 31.9 Å². The van der Waals surface area contributed by atoms with E-state index in [-0.39, 0.29) is 0 Å². The van der Waals surface area contributed by atoms with Crippen LogP contribution in [0.4, 0.5) is 0 Å². The summed E-state index contributed by atoms with van der Waals surface area (Å²) in [6, 6.07) is 2.39. The fraction of sp³-hybridized carbons (Fsp3) is 0.583. The smallest absolute Gasteiger partial charge is 0.0715 e. The highest BCUT2D eigenvalue weighted by Crippen LogP contribution is 2.27. The van der Waals surface area contributed by atoms with Crippen LogP contribution in [0.25, 0.3) is 0 Å². The van der Waals surface area contributed by atoms with E-state index in [1.165, 1.54) is 19.3 Å². The molecular formula is C12H18Br2N2. The molecule has 0 fully saturated rings. The van der Waals surface area contributed by atoms with E-state index in [4.69, 9.17) is 0 Å². The average molecular weight is 350 g/mol. The normalized spacial score (nSPS) is 12.8. The summed E-state index contributed by atoms with van der Waals surface area (Å²) in [4.78, 5) is 4.47. The van der Waals surface area contributed by atoms with Crippen LogP contribution in [-0.4, -0.2) is 12.0 Å². The van der Waals surface area contributed by atoms with Gasteiger partial charge in [0.15, 0.2) is 0 Å². The number of halogens is 2. The van der Waals surface area contributed by atoms with E-state index in [0.717, 1.165) is 21.1 Å². The summed E-state index contributed by atoms with van der Waals surface area (Å²) in [5.41, 5.74) is 1.10. The second-order valence-electron chi connectivity index (χ2n) is 3.86. The molecule has 0 saturated heterocycles. The zero-order valence-corrected chi connectivity index (χ0v) is 12.9. The lowest BCUT2D eigenvalue weighted by atomic mass is 10.1. The lowest BCUT2D eigenvalue weighted by molar-refractivity contribution is 0.500. The number of rotatable bonds is 6. The molecule has 0 radical (unpaired) electrons. The zero-order chi connectivity index (χ0) is 12.0. The fourth-order valence-corrected chi connectivity index (χ4v) is 2.96. The topological polar surface area (TPSA) is 24.9 Å². The maximum absolute atomic E-state index is 4.47. The third kappa shape index (κ3) is 4.15. The Morgan fingerprint density at radius 1 is 1.38 bits per heavy atom. The molecule has 1 heterocycles. The first-order chi connectivity index (χ1) is 7.69. The van der Waals surface area contributed by atoms with Crippen LogP contribution in [0.15, 0.2) is 21.2 Å². The van der Waals surface area contributed by atoms with Crippen molar-refractivity contribution in [1.29, 1.82) is 0 Å². The summed E-state index contributed by atoms with van der Waals surface area (Å²) >= 11 is 6.98. The van der Waals surface area contributed by atoms with Crippen molar-refractivity contribution in [3.63, 3.8) is 0 Å². The minimum atomic E-state index is 0.342. The summed E-state index contributed by atoms with van der Waals surface area (Å²) in [5, 5.41) is 3.33. The van der Waals surface area contributed by atoms with Crippen molar-refractivity contribution in [3.8, 4) is 0 Å². The molecule has 1 rings (SSSR count). The first kappa shape index (κ1) is 14.1. The van der Waals surface area contributed by atoms with Gasteiger partial charge in [-0.15, -0.1) is 0 Å². The Morgan fingerprint density at radius 2 is 2.12 bits per heavy atom. The Morgan fingerprint density at radius 3 is 2.69 bits per heavy atom. The third-order valence-corrected chi connectivity index (χ3v) is 3.68. The Kier molecular flexibility index (Phi) is 6.54. The molecule has 0 bridgehead atoms. The molecule has 0 aliphatic heterocycles. The molecule has 4 heteroatoms. The minimum Gasteiger partial charge on any atom is -0.312 e. The van der Waals surface area contributed by atoms with Crippen molar-refractivity contribution in [3.05, 3.63) is 26.9 Å². The van der Waals surface area contributed by atoms with E-state index in [0.29, 0.717) is 6.04 Å². The quantitative estimate of drug-likeness (QED) is 0.767. The summed E-state index contributed by atoms with van der Waals surface area (Å²) in [7, 11) is 1.99. The van der Waals surface area contributed by atoms with E-state index in [1.807, 2.05) is 19.3 Å². The second-order valence-corrected chi connectivity index (χ2v) is 5.63. The molecule has 1 aromatic heterocycles. The summed E-state index contributed by atoms with van der Waals surface area (Å²) in [5.74, 6) is 0. The summed E-state index contributed by atoms with van der Waals surface area (Å²) < 4.78 is 2.07. The van der Waals surface area contributed by atoms with Crippen molar-refractivity contribution in [2.24, 2.45) is 0 Å². The molecule has 1 atom stereocenters. The van der Waals surface area contributed by atoms with Gasteiger partial charge in [0.2, 0.25) is 0 Å². The van der Waals surface area contributed by atoms with Gasteiger partial charge in [0.05, 0.1) is 11.7 Å². The molecule has 1 N–H and O–H groups in total. The van der Waals surface area contributed by atoms with E-state index in [2.05, 4.69) is 49.1 Å². The van der Waals surface area contributed by atoms with E-state index < -0.39 is 0 Å². The highest BCUT2D eigenvalue weighted by atomic mass is 79.9. The molecule has 0 aromatic carbocycles. The first-order valence-electron chi connectivity index (χ1n) is 5.67. The highest BCUT2D eigenvalue weighted by Gasteiger charge is 2.13. The number of nitrogens with zero attached hydrogens (tertiary/aromatic N) is 1. The van der Waals surface area contributed by atoms with Crippen LogP contribution in [-0.2, 0) is 0 Å². The van der Waals surface area contributed by atoms with Gasteiger partial charge in [-0.3, -0.25) is 4.98 Å². The molecular weight excluding hydrogens is 332 g/mol. The Labute approximate surface area is 114 Å². The van der Waals surface area contributed by atoms with Crippen LogP contribution in [0.3, 0.4) is 0 Å². The largest absolute Gasteiger partial charge is 0.312 e. The van der Waals surface area contributed by atoms with Gasteiger partial charge in [-0.25, -0.2) is 0 Å². The number of hydrogen-bond acceptors (Lipinski definition) is 2. The van der Waals surface area contributed by atoms with Crippen LogP contribution in [0.5, 0.6) is 0 Å². The van der Waals surface area contributed by atoms with Crippen LogP contribution in [0, 0.1) is 0 Å². The SMILES string of the molecule is CCCCCC(NC)c1ncc(Br)cc1Br. The molecule has 0 amide bonds. The Hall–Kier alpha value is 0.0700. The summed E-state index contributed by atoms with van der Waals surface area (Å²) in [6.07, 6.45) is 6.77. The van der Waals surface area contributed by atoms with Crippen LogP contribution < -0.4 is 5.32 Å². The molecule has 0 aliphatic rings.